The normalized spacial score (nSPS) is 30.7. The van der Waals surface area contributed by atoms with Crippen molar-refractivity contribution in [3.63, 3.8) is 0 Å². The second-order valence-corrected chi connectivity index (χ2v) is 4.53. The summed E-state index contributed by atoms with van der Waals surface area (Å²) in [6.07, 6.45) is 1.37. The second kappa shape index (κ2) is 3.95. The lowest BCUT2D eigenvalue weighted by Crippen LogP contribution is -2.38. The van der Waals surface area contributed by atoms with Crippen LogP contribution < -0.4 is 0 Å². The quantitative estimate of drug-likeness (QED) is 0.802. The van der Waals surface area contributed by atoms with Crippen molar-refractivity contribution in [2.45, 2.75) is 38.4 Å². The SMILES string of the molecule is Cc1cccc(CC2(O)CCOC2C)c1. The number of rotatable bonds is 2. The minimum Gasteiger partial charge on any atom is -0.387 e. The van der Waals surface area contributed by atoms with Crippen LogP contribution >= 0.6 is 0 Å². The third-order valence-corrected chi connectivity index (χ3v) is 3.25. The summed E-state index contributed by atoms with van der Waals surface area (Å²) in [4.78, 5) is 0. The molecule has 0 spiro atoms. The summed E-state index contributed by atoms with van der Waals surface area (Å²) in [5.74, 6) is 0. The van der Waals surface area contributed by atoms with Crippen LogP contribution in [0.25, 0.3) is 0 Å². The van der Waals surface area contributed by atoms with Gasteiger partial charge in [0.05, 0.1) is 11.7 Å². The van der Waals surface area contributed by atoms with Crippen molar-refractivity contribution in [3.8, 4) is 0 Å². The van der Waals surface area contributed by atoms with Crippen LogP contribution in [-0.2, 0) is 11.2 Å². The van der Waals surface area contributed by atoms with E-state index in [4.69, 9.17) is 4.74 Å². The number of ether oxygens (including phenoxy) is 1. The Morgan fingerprint density at radius 3 is 2.93 bits per heavy atom. The van der Waals surface area contributed by atoms with Crippen LogP contribution in [0.4, 0.5) is 0 Å². The fourth-order valence-corrected chi connectivity index (χ4v) is 2.18. The number of aryl methyl sites for hydroxylation is 1. The van der Waals surface area contributed by atoms with Crippen molar-refractivity contribution in [1.29, 1.82) is 0 Å². The molecule has 2 unspecified atom stereocenters. The zero-order chi connectivity index (χ0) is 10.9. The zero-order valence-electron chi connectivity index (χ0n) is 9.36. The van der Waals surface area contributed by atoms with Crippen LogP contribution in [0.5, 0.6) is 0 Å². The maximum atomic E-state index is 10.4. The maximum absolute atomic E-state index is 10.4. The van der Waals surface area contributed by atoms with Gasteiger partial charge in [-0.05, 0) is 19.4 Å². The van der Waals surface area contributed by atoms with Gasteiger partial charge >= 0.3 is 0 Å². The van der Waals surface area contributed by atoms with Gasteiger partial charge in [-0.1, -0.05) is 29.8 Å². The Morgan fingerprint density at radius 2 is 2.33 bits per heavy atom. The summed E-state index contributed by atoms with van der Waals surface area (Å²) < 4.78 is 5.42. The highest BCUT2D eigenvalue weighted by Gasteiger charge is 2.39. The van der Waals surface area contributed by atoms with E-state index in [0.29, 0.717) is 13.0 Å². The highest BCUT2D eigenvalue weighted by molar-refractivity contribution is 5.24. The van der Waals surface area contributed by atoms with Gasteiger partial charge < -0.3 is 9.84 Å². The molecule has 15 heavy (non-hydrogen) atoms. The third-order valence-electron chi connectivity index (χ3n) is 3.25. The van der Waals surface area contributed by atoms with Crippen LogP contribution in [0.2, 0.25) is 0 Å². The molecule has 1 heterocycles. The molecule has 2 nitrogen and oxygen atoms in total. The van der Waals surface area contributed by atoms with Crippen LogP contribution in [0, 0.1) is 6.92 Å². The first kappa shape index (κ1) is 10.7. The van der Waals surface area contributed by atoms with Crippen molar-refractivity contribution >= 4 is 0 Å². The lowest BCUT2D eigenvalue weighted by Gasteiger charge is -2.26. The van der Waals surface area contributed by atoms with Gasteiger partial charge in [0, 0.05) is 19.4 Å². The predicted octanol–water partition coefficient (Wildman–Crippen LogP) is 2.08. The van der Waals surface area contributed by atoms with E-state index in [0.717, 1.165) is 6.42 Å². The molecule has 82 valence electrons. The smallest absolute Gasteiger partial charge is 0.0967 e. The molecule has 1 aliphatic heterocycles. The van der Waals surface area contributed by atoms with Gasteiger partial charge in [0.15, 0.2) is 0 Å². The van der Waals surface area contributed by atoms with E-state index < -0.39 is 5.60 Å². The summed E-state index contributed by atoms with van der Waals surface area (Å²) in [6, 6.07) is 8.30. The highest BCUT2D eigenvalue weighted by Crippen LogP contribution is 2.29. The van der Waals surface area contributed by atoms with Crippen molar-refractivity contribution in [2.75, 3.05) is 6.61 Å². The zero-order valence-corrected chi connectivity index (χ0v) is 9.36. The van der Waals surface area contributed by atoms with Crippen molar-refractivity contribution in [3.05, 3.63) is 35.4 Å². The van der Waals surface area contributed by atoms with Crippen LogP contribution in [0.15, 0.2) is 24.3 Å². The molecule has 0 amide bonds. The van der Waals surface area contributed by atoms with E-state index in [-0.39, 0.29) is 6.10 Å². The molecule has 2 rings (SSSR count). The van der Waals surface area contributed by atoms with E-state index in [1.807, 2.05) is 13.0 Å². The molecular weight excluding hydrogens is 188 g/mol. The van der Waals surface area contributed by atoms with E-state index in [2.05, 4.69) is 25.1 Å². The van der Waals surface area contributed by atoms with Crippen LogP contribution in [0.3, 0.4) is 0 Å². The minimum absolute atomic E-state index is 0.0574. The number of aliphatic hydroxyl groups is 1. The molecule has 1 aliphatic rings. The Bertz CT molecular complexity index is 348. The Labute approximate surface area is 90.9 Å². The molecule has 0 radical (unpaired) electrons. The topological polar surface area (TPSA) is 29.5 Å². The van der Waals surface area contributed by atoms with Gasteiger partial charge in [0.2, 0.25) is 0 Å². The number of hydrogen-bond acceptors (Lipinski definition) is 2. The minimum atomic E-state index is -0.673. The first-order valence-electron chi connectivity index (χ1n) is 5.50. The molecule has 1 aromatic carbocycles. The fourth-order valence-electron chi connectivity index (χ4n) is 2.18. The molecule has 2 heteroatoms. The lowest BCUT2D eigenvalue weighted by molar-refractivity contribution is -0.0268. The molecule has 0 bridgehead atoms. The Kier molecular flexibility index (Phi) is 2.81. The van der Waals surface area contributed by atoms with Gasteiger partial charge in [0.25, 0.3) is 0 Å². The largest absolute Gasteiger partial charge is 0.387 e. The molecule has 2 atom stereocenters. The lowest BCUT2D eigenvalue weighted by atomic mass is 9.88. The Hall–Kier alpha value is -0.860. The van der Waals surface area contributed by atoms with Crippen molar-refractivity contribution in [2.24, 2.45) is 0 Å². The van der Waals surface area contributed by atoms with Crippen molar-refractivity contribution in [1.82, 2.24) is 0 Å². The summed E-state index contributed by atoms with van der Waals surface area (Å²) in [5.41, 5.74) is 1.76. The first-order chi connectivity index (χ1) is 7.10. The van der Waals surface area contributed by atoms with E-state index in [1.54, 1.807) is 0 Å². The van der Waals surface area contributed by atoms with Gasteiger partial charge in [-0.15, -0.1) is 0 Å². The average Bonchev–Trinajstić information content (AvgIpc) is 2.47. The van der Waals surface area contributed by atoms with Gasteiger partial charge in [-0.25, -0.2) is 0 Å². The summed E-state index contributed by atoms with van der Waals surface area (Å²) >= 11 is 0. The molecule has 1 N–H and O–H groups in total. The summed E-state index contributed by atoms with van der Waals surface area (Å²) in [5, 5.41) is 10.4. The molecule has 1 fully saturated rings. The summed E-state index contributed by atoms with van der Waals surface area (Å²) in [7, 11) is 0. The maximum Gasteiger partial charge on any atom is 0.0967 e. The van der Waals surface area contributed by atoms with Crippen LogP contribution in [0.1, 0.15) is 24.5 Å². The van der Waals surface area contributed by atoms with Crippen LogP contribution in [-0.4, -0.2) is 23.4 Å². The molecule has 1 aromatic rings. The number of hydrogen-bond donors (Lipinski definition) is 1. The summed E-state index contributed by atoms with van der Waals surface area (Å²) in [6.45, 7) is 4.69. The van der Waals surface area contributed by atoms with Gasteiger partial charge in [0.1, 0.15) is 0 Å². The third kappa shape index (κ3) is 2.21. The second-order valence-electron chi connectivity index (χ2n) is 4.53. The first-order valence-corrected chi connectivity index (χ1v) is 5.50. The van der Waals surface area contributed by atoms with Gasteiger partial charge in [-0.3, -0.25) is 0 Å². The Morgan fingerprint density at radius 1 is 1.53 bits per heavy atom. The fraction of sp³-hybridized carbons (Fsp3) is 0.538. The number of benzene rings is 1. The molecular formula is C13H18O2. The molecule has 1 saturated heterocycles. The molecule has 0 aliphatic carbocycles. The molecule has 0 saturated carbocycles. The van der Waals surface area contributed by atoms with Gasteiger partial charge in [-0.2, -0.15) is 0 Å². The van der Waals surface area contributed by atoms with Crippen molar-refractivity contribution < 1.29 is 9.84 Å². The van der Waals surface area contributed by atoms with E-state index in [1.165, 1.54) is 11.1 Å². The standard InChI is InChI=1S/C13H18O2/c1-10-4-3-5-12(8-10)9-13(14)6-7-15-11(13)2/h3-5,8,11,14H,6-7,9H2,1-2H3. The predicted molar refractivity (Wildman–Crippen MR) is 59.9 cm³/mol. The monoisotopic (exact) mass is 206 g/mol. The average molecular weight is 206 g/mol. The Balaban J connectivity index is 2.14. The van der Waals surface area contributed by atoms with E-state index in [9.17, 15) is 5.11 Å². The van der Waals surface area contributed by atoms with E-state index >= 15 is 0 Å². The molecule has 0 aromatic heterocycles. The highest BCUT2D eigenvalue weighted by atomic mass is 16.5.